The fourth-order valence-corrected chi connectivity index (χ4v) is 7.97. The Hall–Kier alpha value is -0.530. The van der Waals surface area contributed by atoms with Gasteiger partial charge in [0.25, 0.3) is 0 Å². The first-order chi connectivity index (χ1) is 24.8. The van der Waals surface area contributed by atoms with Gasteiger partial charge in [0.2, 0.25) is 5.91 Å². The quantitative estimate of drug-likeness (QED) is 0.0630. The van der Waals surface area contributed by atoms with Gasteiger partial charge in [0.15, 0.2) is 0 Å². The van der Waals surface area contributed by atoms with E-state index in [9.17, 15) is 4.79 Å². The van der Waals surface area contributed by atoms with Crippen LogP contribution in [0.15, 0.2) is 0 Å². The van der Waals surface area contributed by atoms with E-state index in [0.29, 0.717) is 6.42 Å². The number of amides is 1. The van der Waals surface area contributed by atoms with Crippen LogP contribution in [-0.4, -0.2) is 5.91 Å². The van der Waals surface area contributed by atoms with Crippen molar-refractivity contribution in [2.24, 2.45) is 5.73 Å². The van der Waals surface area contributed by atoms with Gasteiger partial charge in [-0.1, -0.05) is 289 Å². The Bertz CT molecular complexity index is 603. The van der Waals surface area contributed by atoms with Crippen molar-refractivity contribution in [1.82, 2.24) is 0 Å². The molecule has 0 spiro atoms. The highest BCUT2D eigenvalue weighted by Gasteiger charge is 1.99. The number of carbonyl (C=O) groups excluding carboxylic acids is 1. The summed E-state index contributed by atoms with van der Waals surface area (Å²) in [6.45, 7) is 2.31. The summed E-state index contributed by atoms with van der Waals surface area (Å²) in [6, 6.07) is 0. The Morgan fingerprint density at radius 1 is 0.240 bits per heavy atom. The number of nitrogens with two attached hydrogens (primary N) is 1. The van der Waals surface area contributed by atoms with Gasteiger partial charge < -0.3 is 5.73 Å². The van der Waals surface area contributed by atoms with Crippen LogP contribution in [0.3, 0.4) is 0 Å². The summed E-state index contributed by atoms with van der Waals surface area (Å²) in [5.41, 5.74) is 5.19. The van der Waals surface area contributed by atoms with Crippen LogP contribution in [0, 0.1) is 0 Å². The third kappa shape index (κ3) is 47.5. The molecule has 0 radical (unpaired) electrons. The van der Waals surface area contributed by atoms with E-state index in [2.05, 4.69) is 6.92 Å². The van der Waals surface area contributed by atoms with Gasteiger partial charge in [-0.2, -0.15) is 0 Å². The maximum Gasteiger partial charge on any atom is 0.217 e. The summed E-state index contributed by atoms with van der Waals surface area (Å²) in [5.74, 6) is -0.146. The first-order valence-corrected chi connectivity index (χ1v) is 24.1. The van der Waals surface area contributed by atoms with E-state index >= 15 is 0 Å². The second-order valence-electron chi connectivity index (χ2n) is 16.8. The number of hydrogen-bond acceptors (Lipinski definition) is 1. The molecule has 0 bridgehead atoms. The molecule has 1 amide bonds. The standard InChI is InChI=1S/C48H97NO/c1-2-3-4-5-6-7-8-9-10-11-12-13-14-15-16-17-18-19-20-21-22-23-24-25-26-27-28-29-30-31-32-33-34-35-36-37-38-39-40-41-42-43-44-45-46-47-48(49)50/h2-47H2,1H3,(H2,49,50). The summed E-state index contributed by atoms with van der Waals surface area (Å²) in [7, 11) is 0. The van der Waals surface area contributed by atoms with E-state index in [1.54, 1.807) is 0 Å². The van der Waals surface area contributed by atoms with Crippen LogP contribution in [0.4, 0.5) is 0 Å². The van der Waals surface area contributed by atoms with Gasteiger partial charge in [0.1, 0.15) is 0 Å². The van der Waals surface area contributed by atoms with Crippen molar-refractivity contribution < 1.29 is 4.79 Å². The minimum absolute atomic E-state index is 0.146. The van der Waals surface area contributed by atoms with Gasteiger partial charge >= 0.3 is 0 Å². The molecule has 0 atom stereocenters. The molecule has 0 heterocycles. The Morgan fingerprint density at radius 2 is 0.360 bits per heavy atom. The number of hydrogen-bond donors (Lipinski definition) is 1. The van der Waals surface area contributed by atoms with Crippen molar-refractivity contribution in [2.45, 2.75) is 302 Å². The molecule has 2 heteroatoms. The van der Waals surface area contributed by atoms with Crippen molar-refractivity contribution in [2.75, 3.05) is 0 Å². The first kappa shape index (κ1) is 49.5. The van der Waals surface area contributed by atoms with E-state index in [4.69, 9.17) is 5.73 Å². The van der Waals surface area contributed by atoms with Crippen molar-refractivity contribution >= 4 is 5.91 Å². The normalized spacial score (nSPS) is 11.5. The number of primary amides is 1. The maximum atomic E-state index is 10.7. The lowest BCUT2D eigenvalue weighted by atomic mass is 10.0. The number of unbranched alkanes of at least 4 members (excludes halogenated alkanes) is 44. The third-order valence-electron chi connectivity index (χ3n) is 11.5. The Kier molecular flexibility index (Phi) is 46.0. The van der Waals surface area contributed by atoms with Crippen LogP contribution in [0.25, 0.3) is 0 Å². The van der Waals surface area contributed by atoms with Gasteiger partial charge in [0, 0.05) is 6.42 Å². The van der Waals surface area contributed by atoms with Gasteiger partial charge in [-0.05, 0) is 6.42 Å². The zero-order valence-electron chi connectivity index (χ0n) is 35.0. The lowest BCUT2D eigenvalue weighted by Gasteiger charge is -2.05. The summed E-state index contributed by atoms with van der Waals surface area (Å²) >= 11 is 0. The molecule has 0 aromatic heterocycles. The molecule has 2 nitrogen and oxygen atoms in total. The molecule has 0 aliphatic carbocycles. The molecule has 0 saturated heterocycles. The molecule has 0 saturated carbocycles. The molecule has 0 fully saturated rings. The Labute approximate surface area is 317 Å². The maximum absolute atomic E-state index is 10.7. The average Bonchev–Trinajstić information content (AvgIpc) is 3.11. The van der Waals surface area contributed by atoms with E-state index in [0.717, 1.165) is 6.42 Å². The average molecular weight is 704 g/mol. The largest absolute Gasteiger partial charge is 0.370 e. The second kappa shape index (κ2) is 46.5. The molecule has 50 heavy (non-hydrogen) atoms. The molecule has 0 aromatic rings. The molecule has 0 aliphatic rings. The van der Waals surface area contributed by atoms with E-state index in [1.807, 2.05) is 0 Å². The Morgan fingerprint density at radius 3 is 0.480 bits per heavy atom. The predicted molar refractivity (Wildman–Crippen MR) is 227 cm³/mol. The van der Waals surface area contributed by atoms with Gasteiger partial charge in [-0.15, -0.1) is 0 Å². The van der Waals surface area contributed by atoms with Gasteiger partial charge in [0.05, 0.1) is 0 Å². The van der Waals surface area contributed by atoms with E-state index in [1.165, 1.54) is 283 Å². The topological polar surface area (TPSA) is 43.1 Å². The SMILES string of the molecule is CCCCCCCCCCCCCCCCCCCCCCCCCCCCCCCCCCCCCCCCCCCCCCCC(N)=O. The van der Waals surface area contributed by atoms with Gasteiger partial charge in [-0.3, -0.25) is 4.79 Å². The summed E-state index contributed by atoms with van der Waals surface area (Å²) in [4.78, 5) is 10.7. The van der Waals surface area contributed by atoms with Gasteiger partial charge in [-0.25, -0.2) is 0 Å². The summed E-state index contributed by atoms with van der Waals surface area (Å²) < 4.78 is 0. The zero-order valence-corrected chi connectivity index (χ0v) is 35.0. The highest BCUT2D eigenvalue weighted by atomic mass is 16.1. The fourth-order valence-electron chi connectivity index (χ4n) is 7.97. The Balaban J connectivity index is 3.05. The fraction of sp³-hybridized carbons (Fsp3) is 0.979. The highest BCUT2D eigenvalue weighted by molar-refractivity contribution is 5.73. The van der Waals surface area contributed by atoms with Crippen molar-refractivity contribution in [3.63, 3.8) is 0 Å². The van der Waals surface area contributed by atoms with Crippen LogP contribution in [-0.2, 0) is 4.79 Å². The number of carbonyl (C=O) groups is 1. The predicted octanol–water partition coefficient (Wildman–Crippen LogP) is 17.4. The molecule has 0 rings (SSSR count). The summed E-state index contributed by atoms with van der Waals surface area (Å²) in [5, 5.41) is 0. The highest BCUT2D eigenvalue weighted by Crippen LogP contribution is 2.18. The van der Waals surface area contributed by atoms with Crippen LogP contribution in [0.2, 0.25) is 0 Å². The van der Waals surface area contributed by atoms with E-state index in [-0.39, 0.29) is 5.91 Å². The van der Waals surface area contributed by atoms with Crippen molar-refractivity contribution in [3.05, 3.63) is 0 Å². The molecule has 300 valence electrons. The third-order valence-corrected chi connectivity index (χ3v) is 11.5. The molecule has 0 unspecified atom stereocenters. The molecular formula is C48H97NO. The zero-order chi connectivity index (χ0) is 36.1. The second-order valence-corrected chi connectivity index (χ2v) is 16.8. The van der Waals surface area contributed by atoms with Crippen molar-refractivity contribution in [3.8, 4) is 0 Å². The molecule has 0 aliphatic heterocycles. The van der Waals surface area contributed by atoms with Crippen LogP contribution < -0.4 is 5.73 Å². The number of rotatable bonds is 46. The van der Waals surface area contributed by atoms with Crippen LogP contribution in [0.1, 0.15) is 302 Å². The minimum Gasteiger partial charge on any atom is -0.370 e. The van der Waals surface area contributed by atoms with E-state index < -0.39 is 0 Å². The monoisotopic (exact) mass is 704 g/mol. The summed E-state index contributed by atoms with van der Waals surface area (Å²) in [6.07, 6.45) is 65.6. The smallest absolute Gasteiger partial charge is 0.217 e. The molecule has 0 aromatic carbocycles. The van der Waals surface area contributed by atoms with Crippen molar-refractivity contribution in [1.29, 1.82) is 0 Å². The lowest BCUT2D eigenvalue weighted by molar-refractivity contribution is -0.118. The molecule has 2 N–H and O–H groups in total. The van der Waals surface area contributed by atoms with Crippen LogP contribution in [0.5, 0.6) is 0 Å². The van der Waals surface area contributed by atoms with Crippen LogP contribution >= 0.6 is 0 Å². The molecular weight excluding hydrogens is 607 g/mol. The minimum atomic E-state index is -0.146. The first-order valence-electron chi connectivity index (χ1n) is 24.1. The lowest BCUT2D eigenvalue weighted by Crippen LogP contribution is -2.09.